The number of hydrogen-bond donors (Lipinski definition) is 1. The number of Topliss-reactive ketones (excluding diaryl/α,β-unsaturated/α-hetero) is 1. The Morgan fingerprint density at radius 2 is 1.80 bits per heavy atom. The summed E-state index contributed by atoms with van der Waals surface area (Å²) >= 11 is 0. The van der Waals surface area contributed by atoms with Crippen LogP contribution in [0, 0.1) is 17.3 Å². The summed E-state index contributed by atoms with van der Waals surface area (Å²) in [6.45, 7) is 12.7. The van der Waals surface area contributed by atoms with Crippen molar-refractivity contribution in [3.8, 4) is 0 Å². The molecule has 2 heteroatoms. The topological polar surface area (TPSA) is 37.3 Å². The first kappa shape index (κ1) is 17.4. The van der Waals surface area contributed by atoms with Gasteiger partial charge in [-0.05, 0) is 55.4 Å². The number of allylic oxidation sites excluding steroid dienone is 2. The lowest BCUT2D eigenvalue weighted by atomic mass is 9.75. The van der Waals surface area contributed by atoms with E-state index in [-0.39, 0.29) is 11.5 Å². The molecule has 0 heterocycles. The number of rotatable bonds is 7. The highest BCUT2D eigenvalue weighted by Gasteiger charge is 2.31. The van der Waals surface area contributed by atoms with E-state index >= 15 is 0 Å². The molecule has 116 valence electrons. The molecular weight excluding hydrogens is 248 g/mol. The van der Waals surface area contributed by atoms with E-state index in [1.54, 1.807) is 0 Å². The minimum Gasteiger partial charge on any atom is -0.393 e. The van der Waals surface area contributed by atoms with Crippen molar-refractivity contribution in [3.05, 3.63) is 11.1 Å². The zero-order chi connectivity index (χ0) is 15.5. The zero-order valence-corrected chi connectivity index (χ0v) is 14.1. The van der Waals surface area contributed by atoms with E-state index in [0.29, 0.717) is 24.0 Å². The van der Waals surface area contributed by atoms with E-state index in [1.807, 2.05) is 6.92 Å². The molecule has 0 fully saturated rings. The summed E-state index contributed by atoms with van der Waals surface area (Å²) in [5, 5.41) is 9.97. The molecule has 1 rings (SSSR count). The quantitative estimate of drug-likeness (QED) is 0.744. The Bertz CT molecular complexity index is 379. The Morgan fingerprint density at radius 3 is 2.25 bits per heavy atom. The smallest absolute Gasteiger partial charge is 0.159 e. The van der Waals surface area contributed by atoms with Crippen molar-refractivity contribution < 1.29 is 9.90 Å². The lowest BCUT2D eigenvalue weighted by Gasteiger charge is -2.33. The van der Waals surface area contributed by atoms with Crippen LogP contribution in [-0.2, 0) is 4.79 Å². The van der Waals surface area contributed by atoms with Crippen LogP contribution in [0.25, 0.3) is 0 Å². The molecule has 1 aliphatic carbocycles. The molecule has 2 unspecified atom stereocenters. The number of aliphatic hydroxyl groups excluding tert-OH is 1. The summed E-state index contributed by atoms with van der Waals surface area (Å²) in [7, 11) is 0. The first-order valence-electron chi connectivity index (χ1n) is 8.17. The summed E-state index contributed by atoms with van der Waals surface area (Å²) in [4.78, 5) is 12.0. The Morgan fingerprint density at radius 1 is 1.20 bits per heavy atom. The van der Waals surface area contributed by atoms with Gasteiger partial charge in [-0.1, -0.05) is 40.2 Å². The highest BCUT2D eigenvalue weighted by molar-refractivity contribution is 5.99. The van der Waals surface area contributed by atoms with Crippen molar-refractivity contribution in [2.75, 3.05) is 0 Å². The molecule has 0 aromatic carbocycles. The largest absolute Gasteiger partial charge is 0.393 e. The summed E-state index contributed by atoms with van der Waals surface area (Å²) in [6, 6.07) is 0. The van der Waals surface area contributed by atoms with E-state index in [4.69, 9.17) is 0 Å². The average molecular weight is 280 g/mol. The zero-order valence-electron chi connectivity index (χ0n) is 14.1. The normalized spacial score (nSPS) is 22.3. The van der Waals surface area contributed by atoms with Crippen molar-refractivity contribution in [1.29, 1.82) is 0 Å². The van der Waals surface area contributed by atoms with Crippen LogP contribution in [0.15, 0.2) is 11.1 Å². The molecule has 0 spiro atoms. The number of carbonyl (C=O) groups is 1. The maximum atomic E-state index is 12.0. The average Bonchev–Trinajstić information content (AvgIpc) is 2.77. The molecule has 0 saturated carbocycles. The lowest BCUT2D eigenvalue weighted by Crippen LogP contribution is -2.29. The minimum atomic E-state index is -0.275. The maximum absolute atomic E-state index is 12.0. The Kier molecular flexibility index (Phi) is 6.00. The van der Waals surface area contributed by atoms with Crippen LogP contribution in [0.5, 0.6) is 0 Å². The van der Waals surface area contributed by atoms with Crippen LogP contribution in [0.3, 0.4) is 0 Å². The highest BCUT2D eigenvalue weighted by atomic mass is 16.3. The van der Waals surface area contributed by atoms with Crippen molar-refractivity contribution in [2.45, 2.75) is 79.8 Å². The summed E-state index contributed by atoms with van der Waals surface area (Å²) < 4.78 is 0. The molecule has 1 N–H and O–H groups in total. The maximum Gasteiger partial charge on any atom is 0.159 e. The predicted molar refractivity (Wildman–Crippen MR) is 84.6 cm³/mol. The van der Waals surface area contributed by atoms with Gasteiger partial charge in [0.2, 0.25) is 0 Å². The van der Waals surface area contributed by atoms with Gasteiger partial charge in [0, 0.05) is 6.42 Å². The van der Waals surface area contributed by atoms with Gasteiger partial charge < -0.3 is 5.11 Å². The standard InChI is InChI=1S/C18H32O2/c1-7-18(6,14(5)19)11-10-13(4)15-8-9-16(20)17(15)12(2)3/h12-14,19H,7-11H2,1-6H3/t13-,14?,18?/m1/s1. The second kappa shape index (κ2) is 6.89. The van der Waals surface area contributed by atoms with Crippen LogP contribution in [-0.4, -0.2) is 17.0 Å². The van der Waals surface area contributed by atoms with E-state index in [1.165, 1.54) is 5.57 Å². The van der Waals surface area contributed by atoms with Gasteiger partial charge in [-0.2, -0.15) is 0 Å². The molecule has 2 nitrogen and oxygen atoms in total. The Hall–Kier alpha value is -0.630. The fourth-order valence-corrected chi connectivity index (χ4v) is 3.30. The second-order valence-electron chi connectivity index (χ2n) is 7.14. The predicted octanol–water partition coefficient (Wildman–Crippen LogP) is 4.52. The highest BCUT2D eigenvalue weighted by Crippen LogP contribution is 2.39. The van der Waals surface area contributed by atoms with Gasteiger partial charge in [-0.3, -0.25) is 4.79 Å². The number of hydrogen-bond acceptors (Lipinski definition) is 2. The van der Waals surface area contributed by atoms with Crippen molar-refractivity contribution in [1.82, 2.24) is 0 Å². The van der Waals surface area contributed by atoms with E-state index < -0.39 is 0 Å². The first-order chi connectivity index (χ1) is 9.23. The van der Waals surface area contributed by atoms with Crippen LogP contribution < -0.4 is 0 Å². The minimum absolute atomic E-state index is 0.00454. The SMILES string of the molecule is CCC(C)(CC[C@@H](C)C1=C(C(C)C)C(=O)CC1)C(C)O. The molecule has 3 atom stereocenters. The fourth-order valence-electron chi connectivity index (χ4n) is 3.30. The number of aliphatic hydroxyl groups is 1. The molecule has 0 saturated heterocycles. The molecule has 0 amide bonds. The van der Waals surface area contributed by atoms with Crippen molar-refractivity contribution in [3.63, 3.8) is 0 Å². The van der Waals surface area contributed by atoms with Crippen LogP contribution in [0.4, 0.5) is 0 Å². The molecule has 0 aliphatic heterocycles. The molecule has 20 heavy (non-hydrogen) atoms. The number of ketones is 1. The van der Waals surface area contributed by atoms with Gasteiger partial charge in [-0.15, -0.1) is 0 Å². The van der Waals surface area contributed by atoms with E-state index in [2.05, 4.69) is 34.6 Å². The van der Waals surface area contributed by atoms with E-state index in [0.717, 1.165) is 31.3 Å². The van der Waals surface area contributed by atoms with Crippen LogP contribution >= 0.6 is 0 Å². The fraction of sp³-hybridized carbons (Fsp3) is 0.833. The Labute approximate surface area is 124 Å². The third kappa shape index (κ3) is 3.72. The third-order valence-electron chi connectivity index (χ3n) is 5.40. The summed E-state index contributed by atoms with van der Waals surface area (Å²) in [5.74, 6) is 1.16. The molecule has 0 bridgehead atoms. The first-order valence-corrected chi connectivity index (χ1v) is 8.17. The van der Waals surface area contributed by atoms with Crippen molar-refractivity contribution in [2.24, 2.45) is 17.3 Å². The summed E-state index contributed by atoms with van der Waals surface area (Å²) in [5.41, 5.74) is 2.47. The monoisotopic (exact) mass is 280 g/mol. The molecular formula is C18H32O2. The molecule has 0 aromatic rings. The Balaban J connectivity index is 2.76. The third-order valence-corrected chi connectivity index (χ3v) is 5.40. The van der Waals surface area contributed by atoms with Gasteiger partial charge in [0.15, 0.2) is 5.78 Å². The van der Waals surface area contributed by atoms with Crippen LogP contribution in [0.1, 0.15) is 73.6 Å². The lowest BCUT2D eigenvalue weighted by molar-refractivity contribution is -0.115. The van der Waals surface area contributed by atoms with E-state index in [9.17, 15) is 9.90 Å². The van der Waals surface area contributed by atoms with Gasteiger partial charge in [0.1, 0.15) is 0 Å². The van der Waals surface area contributed by atoms with Crippen molar-refractivity contribution >= 4 is 5.78 Å². The van der Waals surface area contributed by atoms with Crippen LogP contribution in [0.2, 0.25) is 0 Å². The summed E-state index contributed by atoms with van der Waals surface area (Å²) in [6.07, 6.45) is 4.45. The molecule has 0 aromatic heterocycles. The molecule has 1 aliphatic rings. The van der Waals surface area contributed by atoms with Gasteiger partial charge in [0.05, 0.1) is 6.10 Å². The second-order valence-corrected chi connectivity index (χ2v) is 7.14. The number of carbonyl (C=O) groups excluding carboxylic acids is 1. The van der Waals surface area contributed by atoms with Gasteiger partial charge >= 0.3 is 0 Å². The van der Waals surface area contributed by atoms with Gasteiger partial charge in [0.25, 0.3) is 0 Å². The molecule has 0 radical (unpaired) electrons. The van der Waals surface area contributed by atoms with Gasteiger partial charge in [-0.25, -0.2) is 0 Å².